The first-order valence-corrected chi connectivity index (χ1v) is 6.18. The van der Waals surface area contributed by atoms with Crippen LogP contribution in [0.1, 0.15) is 17.1 Å². The summed E-state index contributed by atoms with van der Waals surface area (Å²) >= 11 is 0. The summed E-state index contributed by atoms with van der Waals surface area (Å²) in [7, 11) is 0. The third-order valence-corrected chi connectivity index (χ3v) is 2.78. The van der Waals surface area contributed by atoms with E-state index >= 15 is 0 Å². The van der Waals surface area contributed by atoms with E-state index in [4.69, 9.17) is 10.6 Å². The number of nitrogens with two attached hydrogens (primary N) is 1. The third kappa shape index (κ3) is 3.63. The summed E-state index contributed by atoms with van der Waals surface area (Å²) < 4.78 is 5.55. The van der Waals surface area contributed by atoms with Crippen molar-refractivity contribution in [2.75, 3.05) is 5.43 Å². The van der Waals surface area contributed by atoms with Gasteiger partial charge in [-0.15, -0.1) is 0 Å². The zero-order chi connectivity index (χ0) is 15.4. The Morgan fingerprint density at radius 2 is 2.10 bits per heavy atom. The molecule has 0 unspecified atom stereocenters. The fraction of sp³-hybridized carbons (Fsp3) is 0.231. The van der Waals surface area contributed by atoms with Gasteiger partial charge in [-0.05, 0) is 26.0 Å². The van der Waals surface area contributed by atoms with Crippen molar-refractivity contribution < 1.29 is 9.66 Å². The molecule has 8 nitrogen and oxygen atoms in total. The number of aromatic nitrogens is 2. The van der Waals surface area contributed by atoms with Gasteiger partial charge >= 0.3 is 0 Å². The molecule has 0 aliphatic rings. The Balaban J connectivity index is 2.11. The van der Waals surface area contributed by atoms with E-state index in [0.29, 0.717) is 23.0 Å². The molecule has 2 rings (SSSR count). The summed E-state index contributed by atoms with van der Waals surface area (Å²) in [5.41, 5.74) is 3.81. The number of nitrogen functional groups attached to an aromatic ring is 1. The van der Waals surface area contributed by atoms with E-state index in [1.165, 1.54) is 6.07 Å². The van der Waals surface area contributed by atoms with Crippen LogP contribution in [0, 0.1) is 24.0 Å². The number of hydrogen-bond acceptors (Lipinski definition) is 7. The van der Waals surface area contributed by atoms with Crippen LogP contribution in [0.5, 0.6) is 5.75 Å². The van der Waals surface area contributed by atoms with Gasteiger partial charge in [-0.1, -0.05) is 0 Å². The van der Waals surface area contributed by atoms with E-state index < -0.39 is 4.92 Å². The predicted molar refractivity (Wildman–Crippen MR) is 76.7 cm³/mol. The highest BCUT2D eigenvalue weighted by molar-refractivity contribution is 5.44. The molecule has 0 amide bonds. The van der Waals surface area contributed by atoms with Crippen LogP contribution in [0.4, 0.5) is 11.5 Å². The van der Waals surface area contributed by atoms with Crippen LogP contribution < -0.4 is 16.0 Å². The fourth-order valence-corrected chi connectivity index (χ4v) is 1.84. The number of rotatable bonds is 5. The van der Waals surface area contributed by atoms with Gasteiger partial charge < -0.3 is 10.2 Å². The molecule has 0 bridgehead atoms. The summed E-state index contributed by atoms with van der Waals surface area (Å²) in [6.07, 6.45) is 0. The number of hydrazine groups is 1. The molecule has 0 fully saturated rings. The molecule has 1 heterocycles. The van der Waals surface area contributed by atoms with Crippen LogP contribution in [0.2, 0.25) is 0 Å². The Kier molecular flexibility index (Phi) is 4.29. The lowest BCUT2D eigenvalue weighted by molar-refractivity contribution is -0.385. The van der Waals surface area contributed by atoms with Crippen LogP contribution in [0.25, 0.3) is 0 Å². The molecule has 21 heavy (non-hydrogen) atoms. The van der Waals surface area contributed by atoms with E-state index in [-0.39, 0.29) is 12.3 Å². The minimum atomic E-state index is -0.429. The minimum absolute atomic E-state index is 0.0590. The maximum Gasteiger partial charge on any atom is 0.272 e. The van der Waals surface area contributed by atoms with Gasteiger partial charge in [0, 0.05) is 23.4 Å². The summed E-state index contributed by atoms with van der Waals surface area (Å²) in [6.45, 7) is 3.63. The van der Waals surface area contributed by atoms with Gasteiger partial charge in [-0.2, -0.15) is 0 Å². The molecule has 0 atom stereocenters. The molecular weight excluding hydrogens is 274 g/mol. The van der Waals surface area contributed by atoms with E-state index in [1.807, 2.05) is 6.92 Å². The topological polar surface area (TPSA) is 116 Å². The molecular formula is C13H15N5O3. The molecule has 0 spiro atoms. The molecule has 8 heteroatoms. The van der Waals surface area contributed by atoms with E-state index in [2.05, 4.69) is 15.4 Å². The van der Waals surface area contributed by atoms with Crippen LogP contribution in [-0.4, -0.2) is 14.9 Å². The highest BCUT2D eigenvalue weighted by Crippen LogP contribution is 2.23. The SMILES string of the molecule is Cc1cc(NN)nc(COc2ccc([N+](=O)[O-])c(C)c2)n1. The van der Waals surface area contributed by atoms with Crippen molar-refractivity contribution in [2.45, 2.75) is 20.5 Å². The summed E-state index contributed by atoms with van der Waals surface area (Å²) in [4.78, 5) is 18.7. The molecule has 0 saturated heterocycles. The van der Waals surface area contributed by atoms with Gasteiger partial charge in [0.25, 0.3) is 5.69 Å². The van der Waals surface area contributed by atoms with Crippen molar-refractivity contribution in [3.8, 4) is 5.75 Å². The number of aryl methyl sites for hydroxylation is 2. The zero-order valence-electron chi connectivity index (χ0n) is 11.7. The van der Waals surface area contributed by atoms with Gasteiger partial charge in [-0.3, -0.25) is 10.1 Å². The van der Waals surface area contributed by atoms with Crippen LogP contribution in [0.15, 0.2) is 24.3 Å². The molecule has 2 aromatic rings. The zero-order valence-corrected chi connectivity index (χ0v) is 11.7. The highest BCUT2D eigenvalue weighted by Gasteiger charge is 2.11. The average Bonchev–Trinajstić information content (AvgIpc) is 2.44. The Morgan fingerprint density at radius 3 is 2.71 bits per heavy atom. The van der Waals surface area contributed by atoms with Crippen molar-refractivity contribution in [1.82, 2.24) is 9.97 Å². The molecule has 0 saturated carbocycles. The Morgan fingerprint density at radius 1 is 1.33 bits per heavy atom. The van der Waals surface area contributed by atoms with Crippen LogP contribution in [0.3, 0.4) is 0 Å². The maximum absolute atomic E-state index is 10.7. The maximum atomic E-state index is 10.7. The van der Waals surface area contributed by atoms with E-state index in [0.717, 1.165) is 5.69 Å². The van der Waals surface area contributed by atoms with Gasteiger partial charge in [-0.25, -0.2) is 15.8 Å². The van der Waals surface area contributed by atoms with Gasteiger partial charge in [0.2, 0.25) is 0 Å². The minimum Gasteiger partial charge on any atom is -0.486 e. The first kappa shape index (κ1) is 14.7. The number of anilines is 1. The van der Waals surface area contributed by atoms with Crippen LogP contribution >= 0.6 is 0 Å². The van der Waals surface area contributed by atoms with Crippen molar-refractivity contribution in [2.24, 2.45) is 5.84 Å². The van der Waals surface area contributed by atoms with Crippen molar-refractivity contribution in [3.05, 3.63) is 51.5 Å². The monoisotopic (exact) mass is 289 g/mol. The van der Waals surface area contributed by atoms with Gasteiger partial charge in [0.05, 0.1) is 4.92 Å². The van der Waals surface area contributed by atoms with E-state index in [9.17, 15) is 10.1 Å². The number of nitro groups is 1. The van der Waals surface area contributed by atoms with Gasteiger partial charge in [0.1, 0.15) is 18.2 Å². The van der Waals surface area contributed by atoms with Gasteiger partial charge in [0.15, 0.2) is 5.82 Å². The molecule has 1 aromatic carbocycles. The third-order valence-electron chi connectivity index (χ3n) is 2.78. The fourth-order valence-electron chi connectivity index (χ4n) is 1.84. The lowest BCUT2D eigenvalue weighted by Gasteiger charge is -2.08. The average molecular weight is 289 g/mol. The molecule has 0 aliphatic carbocycles. The smallest absolute Gasteiger partial charge is 0.272 e. The molecule has 1 aromatic heterocycles. The Bertz CT molecular complexity index is 675. The number of ether oxygens (including phenoxy) is 1. The Labute approximate surface area is 121 Å². The van der Waals surface area contributed by atoms with E-state index in [1.54, 1.807) is 25.1 Å². The number of nitrogens with one attached hydrogen (secondary N) is 1. The second kappa shape index (κ2) is 6.14. The predicted octanol–water partition coefficient (Wildman–Crippen LogP) is 1.87. The molecule has 0 radical (unpaired) electrons. The van der Waals surface area contributed by atoms with Crippen molar-refractivity contribution >= 4 is 11.5 Å². The lowest BCUT2D eigenvalue weighted by Crippen LogP contribution is -2.12. The summed E-state index contributed by atoms with van der Waals surface area (Å²) in [6, 6.07) is 6.27. The number of nitro benzene ring substituents is 1. The quantitative estimate of drug-likeness (QED) is 0.490. The number of nitrogens with zero attached hydrogens (tertiary/aromatic N) is 3. The number of hydrogen-bond donors (Lipinski definition) is 2. The van der Waals surface area contributed by atoms with Crippen LogP contribution in [-0.2, 0) is 6.61 Å². The molecule has 3 N–H and O–H groups in total. The second-order valence-corrected chi connectivity index (χ2v) is 4.45. The standard InChI is InChI=1S/C13H15N5O3/c1-8-5-10(3-4-11(8)18(19)20)21-7-13-15-9(2)6-12(16-13)17-14/h3-6H,7,14H2,1-2H3,(H,15,16,17). The second-order valence-electron chi connectivity index (χ2n) is 4.45. The normalized spacial score (nSPS) is 10.2. The number of benzene rings is 1. The summed E-state index contributed by atoms with van der Waals surface area (Å²) in [5, 5.41) is 10.7. The van der Waals surface area contributed by atoms with Crippen molar-refractivity contribution in [3.63, 3.8) is 0 Å². The first-order chi connectivity index (χ1) is 9.99. The lowest BCUT2D eigenvalue weighted by atomic mass is 10.2. The highest BCUT2D eigenvalue weighted by atomic mass is 16.6. The molecule has 0 aliphatic heterocycles. The summed E-state index contributed by atoms with van der Waals surface area (Å²) in [5.74, 6) is 6.81. The largest absolute Gasteiger partial charge is 0.486 e. The molecule has 110 valence electrons. The first-order valence-electron chi connectivity index (χ1n) is 6.18. The Hall–Kier alpha value is -2.74. The van der Waals surface area contributed by atoms with Crippen molar-refractivity contribution in [1.29, 1.82) is 0 Å².